The Hall–Kier alpha value is -1.85. The zero-order valence-electron chi connectivity index (χ0n) is 14.0. The molecule has 3 heterocycles. The van der Waals surface area contributed by atoms with E-state index in [1.54, 1.807) is 6.20 Å². The van der Waals surface area contributed by atoms with Crippen molar-refractivity contribution < 1.29 is 4.79 Å². The number of nitrogens with zero attached hydrogens (tertiary/aromatic N) is 3. The third-order valence-electron chi connectivity index (χ3n) is 4.47. The molecule has 1 aliphatic heterocycles. The van der Waals surface area contributed by atoms with Gasteiger partial charge < -0.3 is 14.8 Å². The van der Waals surface area contributed by atoms with E-state index in [9.17, 15) is 4.79 Å². The second kappa shape index (κ2) is 8.85. The number of rotatable bonds is 4. The average Bonchev–Trinajstić information content (AvgIpc) is 2.84. The van der Waals surface area contributed by atoms with Crippen LogP contribution in [0.15, 0.2) is 42.7 Å². The number of halogens is 1. The molecule has 1 amide bonds. The van der Waals surface area contributed by atoms with E-state index < -0.39 is 0 Å². The van der Waals surface area contributed by atoms with Gasteiger partial charge >= 0.3 is 0 Å². The van der Waals surface area contributed by atoms with Gasteiger partial charge in [0, 0.05) is 25.5 Å². The summed E-state index contributed by atoms with van der Waals surface area (Å²) in [5.74, 6) is 0.0926. The quantitative estimate of drug-likeness (QED) is 0.924. The second-order valence-corrected chi connectivity index (χ2v) is 6.09. The zero-order chi connectivity index (χ0) is 16.1. The monoisotopic (exact) mass is 348 g/mol. The summed E-state index contributed by atoms with van der Waals surface area (Å²) in [5, 5.41) is 3.42. The summed E-state index contributed by atoms with van der Waals surface area (Å²) in [6.45, 7) is 2.56. The molecule has 130 valence electrons. The molecule has 0 radical (unpaired) electrons. The van der Waals surface area contributed by atoms with E-state index >= 15 is 0 Å². The Morgan fingerprint density at radius 2 is 2.17 bits per heavy atom. The van der Waals surface area contributed by atoms with Crippen LogP contribution in [-0.2, 0) is 13.6 Å². The number of carbonyl (C=O) groups is 1. The molecule has 0 aliphatic carbocycles. The van der Waals surface area contributed by atoms with Gasteiger partial charge in [-0.1, -0.05) is 6.07 Å². The fourth-order valence-electron chi connectivity index (χ4n) is 3.18. The predicted molar refractivity (Wildman–Crippen MR) is 97.3 cm³/mol. The molecule has 1 atom stereocenters. The fraction of sp³-hybridized carbons (Fsp3) is 0.444. The van der Waals surface area contributed by atoms with Crippen LogP contribution in [0.1, 0.15) is 35.4 Å². The van der Waals surface area contributed by atoms with Crippen molar-refractivity contribution in [3.05, 3.63) is 54.1 Å². The molecule has 1 fully saturated rings. The minimum Gasteiger partial charge on any atom is -0.347 e. The van der Waals surface area contributed by atoms with Gasteiger partial charge in [-0.25, -0.2) is 0 Å². The number of nitrogens with one attached hydrogen (secondary N) is 1. The largest absolute Gasteiger partial charge is 0.347 e. The summed E-state index contributed by atoms with van der Waals surface area (Å²) in [5.41, 5.74) is 1.67. The molecule has 1 aliphatic rings. The highest BCUT2D eigenvalue weighted by molar-refractivity contribution is 5.93. The van der Waals surface area contributed by atoms with Crippen LogP contribution in [0.3, 0.4) is 0 Å². The van der Waals surface area contributed by atoms with Crippen molar-refractivity contribution in [3.63, 3.8) is 0 Å². The van der Waals surface area contributed by atoms with E-state index in [1.165, 1.54) is 0 Å². The van der Waals surface area contributed by atoms with Crippen LogP contribution in [0.2, 0.25) is 0 Å². The van der Waals surface area contributed by atoms with Crippen LogP contribution in [0, 0.1) is 0 Å². The molecule has 0 saturated carbocycles. The van der Waals surface area contributed by atoms with Crippen molar-refractivity contribution in [2.75, 3.05) is 13.1 Å². The minimum absolute atomic E-state index is 0. The summed E-state index contributed by atoms with van der Waals surface area (Å²) >= 11 is 0. The third kappa shape index (κ3) is 4.36. The fourth-order valence-corrected chi connectivity index (χ4v) is 3.18. The van der Waals surface area contributed by atoms with Crippen molar-refractivity contribution in [1.29, 1.82) is 0 Å². The molecule has 0 aromatic carbocycles. The normalized spacial score (nSPS) is 17.6. The van der Waals surface area contributed by atoms with Crippen LogP contribution in [0.4, 0.5) is 0 Å². The molecule has 1 saturated heterocycles. The highest BCUT2D eigenvalue weighted by atomic mass is 35.5. The SMILES string of the molecule is Cl.Cn1cccc1C(=O)N(Cc1ccccn1)C1CCCNCC1. The van der Waals surface area contributed by atoms with Crippen LogP contribution < -0.4 is 5.32 Å². The van der Waals surface area contributed by atoms with Gasteiger partial charge in [-0.2, -0.15) is 0 Å². The van der Waals surface area contributed by atoms with Crippen molar-refractivity contribution in [2.24, 2.45) is 7.05 Å². The lowest BCUT2D eigenvalue weighted by molar-refractivity contribution is 0.0632. The molecular weight excluding hydrogens is 324 g/mol. The lowest BCUT2D eigenvalue weighted by Crippen LogP contribution is -2.41. The van der Waals surface area contributed by atoms with Crippen LogP contribution >= 0.6 is 12.4 Å². The predicted octanol–water partition coefficient (Wildman–Crippen LogP) is 2.63. The summed E-state index contributed by atoms with van der Waals surface area (Å²) in [6, 6.07) is 9.93. The van der Waals surface area contributed by atoms with Gasteiger partial charge in [-0.3, -0.25) is 9.78 Å². The second-order valence-electron chi connectivity index (χ2n) is 6.09. The number of amides is 1. The van der Waals surface area contributed by atoms with Gasteiger partial charge in [-0.05, 0) is 56.6 Å². The first-order chi connectivity index (χ1) is 11.3. The zero-order valence-corrected chi connectivity index (χ0v) is 14.8. The van der Waals surface area contributed by atoms with Gasteiger partial charge in [0.15, 0.2) is 0 Å². The van der Waals surface area contributed by atoms with Crippen LogP contribution in [0.5, 0.6) is 0 Å². The van der Waals surface area contributed by atoms with Crippen molar-refractivity contribution in [2.45, 2.75) is 31.8 Å². The Bertz CT molecular complexity index is 635. The van der Waals surface area contributed by atoms with Crippen LogP contribution in [0.25, 0.3) is 0 Å². The topological polar surface area (TPSA) is 50.2 Å². The minimum atomic E-state index is 0. The van der Waals surface area contributed by atoms with E-state index in [0.717, 1.165) is 43.7 Å². The number of aryl methyl sites for hydroxylation is 1. The number of carbonyl (C=O) groups excluding carboxylic acids is 1. The summed E-state index contributed by atoms with van der Waals surface area (Å²) in [6.07, 6.45) is 6.83. The van der Waals surface area contributed by atoms with E-state index in [-0.39, 0.29) is 24.4 Å². The summed E-state index contributed by atoms with van der Waals surface area (Å²) < 4.78 is 1.89. The molecular formula is C18H25ClN4O. The molecule has 24 heavy (non-hydrogen) atoms. The maximum Gasteiger partial charge on any atom is 0.271 e. The smallest absolute Gasteiger partial charge is 0.271 e. The number of pyridine rings is 1. The van der Waals surface area contributed by atoms with E-state index in [0.29, 0.717) is 6.54 Å². The summed E-state index contributed by atoms with van der Waals surface area (Å²) in [4.78, 5) is 19.5. The van der Waals surface area contributed by atoms with E-state index in [4.69, 9.17) is 0 Å². The Morgan fingerprint density at radius 1 is 1.29 bits per heavy atom. The molecule has 6 heteroatoms. The number of aromatic nitrogens is 2. The maximum atomic E-state index is 13.1. The number of hydrogen-bond donors (Lipinski definition) is 1. The average molecular weight is 349 g/mol. The van der Waals surface area contributed by atoms with Crippen molar-refractivity contribution in [1.82, 2.24) is 19.8 Å². The molecule has 1 N–H and O–H groups in total. The van der Waals surface area contributed by atoms with Crippen LogP contribution in [-0.4, -0.2) is 39.5 Å². The van der Waals surface area contributed by atoms with Gasteiger partial charge in [0.1, 0.15) is 5.69 Å². The Kier molecular flexibility index (Phi) is 6.82. The molecule has 1 unspecified atom stereocenters. The van der Waals surface area contributed by atoms with Gasteiger partial charge in [0.25, 0.3) is 5.91 Å². The molecule has 2 aromatic heterocycles. The van der Waals surface area contributed by atoms with E-state index in [2.05, 4.69) is 10.3 Å². The molecule has 0 bridgehead atoms. The Labute approximate surface area is 149 Å². The molecule has 2 aromatic rings. The summed E-state index contributed by atoms with van der Waals surface area (Å²) in [7, 11) is 1.92. The standard InChI is InChI=1S/C18H24N4O.ClH/c1-21-13-5-8-17(21)18(23)22(14-15-6-2-3-11-20-15)16-7-4-10-19-12-9-16;/h2-3,5-6,8,11,13,16,19H,4,7,9-10,12,14H2,1H3;1H. The van der Waals surface area contributed by atoms with Crippen molar-refractivity contribution >= 4 is 18.3 Å². The van der Waals surface area contributed by atoms with Gasteiger partial charge in [-0.15, -0.1) is 12.4 Å². The van der Waals surface area contributed by atoms with Gasteiger partial charge in [0.2, 0.25) is 0 Å². The lowest BCUT2D eigenvalue weighted by Gasteiger charge is -2.31. The highest BCUT2D eigenvalue weighted by Crippen LogP contribution is 2.19. The highest BCUT2D eigenvalue weighted by Gasteiger charge is 2.27. The molecule has 5 nitrogen and oxygen atoms in total. The Balaban J connectivity index is 0.00000208. The molecule has 3 rings (SSSR count). The van der Waals surface area contributed by atoms with E-state index in [1.807, 2.05) is 53.0 Å². The van der Waals surface area contributed by atoms with Gasteiger partial charge in [0.05, 0.1) is 12.2 Å². The molecule has 0 spiro atoms. The maximum absolute atomic E-state index is 13.1. The third-order valence-corrected chi connectivity index (χ3v) is 4.47. The number of hydrogen-bond acceptors (Lipinski definition) is 3. The first-order valence-corrected chi connectivity index (χ1v) is 8.28. The lowest BCUT2D eigenvalue weighted by atomic mass is 10.1. The first kappa shape index (κ1) is 18.5. The first-order valence-electron chi connectivity index (χ1n) is 8.28. The van der Waals surface area contributed by atoms with Crippen molar-refractivity contribution in [3.8, 4) is 0 Å². The Morgan fingerprint density at radius 3 is 2.88 bits per heavy atom.